The van der Waals surface area contributed by atoms with E-state index in [2.05, 4.69) is 14.8 Å². The number of ether oxygens (including phenoxy) is 2. The van der Waals surface area contributed by atoms with E-state index in [4.69, 9.17) is 10.5 Å². The molecule has 0 radical (unpaired) electrons. The minimum Gasteiger partial charge on any atom is -0.493 e. The topological polar surface area (TPSA) is 107 Å². The van der Waals surface area contributed by atoms with Crippen molar-refractivity contribution in [2.75, 3.05) is 7.11 Å². The Bertz CT molecular complexity index is 1310. The van der Waals surface area contributed by atoms with Crippen LogP contribution < -0.4 is 15.2 Å². The van der Waals surface area contributed by atoms with Crippen molar-refractivity contribution in [3.05, 3.63) is 89.2 Å². The number of aromatic nitrogens is 1. The Morgan fingerprint density at radius 2 is 1.76 bits per heavy atom. The molecular weight excluding hydrogens is 502 g/mol. The molecule has 11 heteroatoms. The third-order valence-corrected chi connectivity index (χ3v) is 6.95. The minimum atomic E-state index is -3.00. The molecule has 3 aromatic rings. The van der Waals surface area contributed by atoms with Crippen LogP contribution in [0.4, 0.5) is 13.6 Å². The molecule has 4 rings (SSSR count). The number of hydrogen-bond acceptors (Lipinski definition) is 8. The second kappa shape index (κ2) is 11.5. The van der Waals surface area contributed by atoms with Gasteiger partial charge in [0.25, 0.3) is 0 Å². The third kappa shape index (κ3) is 5.78. The average Bonchev–Trinajstić information content (AvgIpc) is 2.92. The Morgan fingerprint density at radius 1 is 1.08 bits per heavy atom. The highest BCUT2D eigenvalue weighted by atomic mass is 32.2. The summed E-state index contributed by atoms with van der Waals surface area (Å²) in [4.78, 5) is 29.5. The number of hydrogen-bond donors (Lipinski definition) is 1. The van der Waals surface area contributed by atoms with Gasteiger partial charge in [0.2, 0.25) is 0 Å². The monoisotopic (exact) mass is 526 g/mol. The van der Waals surface area contributed by atoms with Gasteiger partial charge in [-0.3, -0.25) is 14.6 Å². The van der Waals surface area contributed by atoms with Gasteiger partial charge in [0.15, 0.2) is 17.3 Å². The molecule has 192 valence electrons. The second-order valence-electron chi connectivity index (χ2n) is 7.99. The number of carbonyl (C=O) groups excluding carboxylic acids is 2. The SMILES string of the molecule is CCC1SC(=O)N(C(N)c2ccc(C(=O)c3ccncc3)cc2)N=C1c1ccc(OC(F)F)c(OC)c1. The first-order valence-electron chi connectivity index (χ1n) is 11.3. The van der Waals surface area contributed by atoms with Crippen LogP contribution in [0.5, 0.6) is 11.5 Å². The summed E-state index contributed by atoms with van der Waals surface area (Å²) in [5, 5.41) is 5.15. The molecule has 0 fully saturated rings. The number of thioether (sulfide) groups is 1. The van der Waals surface area contributed by atoms with Crippen LogP contribution in [0.3, 0.4) is 0 Å². The highest BCUT2D eigenvalue weighted by Crippen LogP contribution is 2.35. The quantitative estimate of drug-likeness (QED) is 0.381. The highest BCUT2D eigenvalue weighted by Gasteiger charge is 2.34. The van der Waals surface area contributed by atoms with Gasteiger partial charge in [-0.05, 0) is 42.3 Å². The summed E-state index contributed by atoms with van der Waals surface area (Å²) in [6, 6.07) is 14.4. The van der Waals surface area contributed by atoms with Gasteiger partial charge in [-0.1, -0.05) is 43.0 Å². The molecular formula is C26H24F2N4O4S. The lowest BCUT2D eigenvalue weighted by Gasteiger charge is -2.32. The zero-order chi connectivity index (χ0) is 26.5. The number of alkyl halides is 2. The number of methoxy groups -OCH3 is 1. The number of halogens is 2. The number of ketones is 1. The number of carbonyl (C=O) groups is 2. The zero-order valence-electron chi connectivity index (χ0n) is 20.0. The van der Waals surface area contributed by atoms with E-state index in [1.807, 2.05) is 6.92 Å². The van der Waals surface area contributed by atoms with E-state index in [0.717, 1.165) is 11.8 Å². The fourth-order valence-corrected chi connectivity index (χ4v) is 4.78. The Hall–Kier alpha value is -3.83. The van der Waals surface area contributed by atoms with Crippen molar-refractivity contribution in [1.82, 2.24) is 9.99 Å². The van der Waals surface area contributed by atoms with Gasteiger partial charge >= 0.3 is 11.9 Å². The van der Waals surface area contributed by atoms with Gasteiger partial charge in [0.1, 0.15) is 6.17 Å². The number of pyridine rings is 1. The first-order valence-corrected chi connectivity index (χ1v) is 12.2. The number of rotatable bonds is 9. The van der Waals surface area contributed by atoms with Gasteiger partial charge in [-0.25, -0.2) is 5.01 Å². The molecule has 1 aliphatic rings. The molecule has 0 saturated carbocycles. The lowest BCUT2D eigenvalue weighted by Crippen LogP contribution is -2.40. The second-order valence-corrected chi connectivity index (χ2v) is 9.14. The largest absolute Gasteiger partial charge is 0.493 e. The van der Waals surface area contributed by atoms with Crippen LogP contribution in [0.2, 0.25) is 0 Å². The molecule has 1 amide bonds. The molecule has 1 aromatic heterocycles. The van der Waals surface area contributed by atoms with E-state index in [1.165, 1.54) is 18.2 Å². The van der Waals surface area contributed by atoms with E-state index in [0.29, 0.717) is 34.4 Å². The molecule has 2 unspecified atom stereocenters. The van der Waals surface area contributed by atoms with Gasteiger partial charge in [-0.2, -0.15) is 13.9 Å². The molecule has 0 spiro atoms. The number of nitrogens with zero attached hydrogens (tertiary/aromatic N) is 3. The molecule has 0 bridgehead atoms. The van der Waals surface area contributed by atoms with Gasteiger partial charge < -0.3 is 15.2 Å². The van der Waals surface area contributed by atoms with Crippen LogP contribution in [0.15, 0.2) is 72.1 Å². The van der Waals surface area contributed by atoms with Crippen molar-refractivity contribution in [1.29, 1.82) is 0 Å². The highest BCUT2D eigenvalue weighted by molar-refractivity contribution is 8.14. The minimum absolute atomic E-state index is 0.107. The Labute approximate surface area is 216 Å². The Balaban J connectivity index is 1.62. The lowest BCUT2D eigenvalue weighted by atomic mass is 10.0. The lowest BCUT2D eigenvalue weighted by molar-refractivity contribution is -0.0512. The van der Waals surface area contributed by atoms with Crippen molar-refractivity contribution in [2.45, 2.75) is 31.4 Å². The van der Waals surface area contributed by atoms with Crippen LogP contribution in [0, 0.1) is 0 Å². The van der Waals surface area contributed by atoms with E-state index in [9.17, 15) is 18.4 Å². The van der Waals surface area contributed by atoms with Crippen molar-refractivity contribution < 1.29 is 27.8 Å². The molecule has 0 saturated heterocycles. The maximum Gasteiger partial charge on any atom is 0.387 e. The molecule has 2 aromatic carbocycles. The molecule has 1 aliphatic heterocycles. The van der Waals surface area contributed by atoms with Crippen molar-refractivity contribution in [2.24, 2.45) is 10.8 Å². The summed E-state index contributed by atoms with van der Waals surface area (Å²) in [6.45, 7) is -1.08. The van der Waals surface area contributed by atoms with Crippen molar-refractivity contribution in [3.63, 3.8) is 0 Å². The predicted octanol–water partition coefficient (Wildman–Crippen LogP) is 5.23. The zero-order valence-corrected chi connectivity index (χ0v) is 20.8. The van der Waals surface area contributed by atoms with Crippen LogP contribution in [-0.4, -0.2) is 45.7 Å². The maximum atomic E-state index is 12.9. The first-order chi connectivity index (χ1) is 17.8. The van der Waals surface area contributed by atoms with Gasteiger partial charge in [-0.15, -0.1) is 0 Å². The summed E-state index contributed by atoms with van der Waals surface area (Å²) < 4.78 is 35.2. The van der Waals surface area contributed by atoms with Crippen molar-refractivity contribution in [3.8, 4) is 11.5 Å². The van der Waals surface area contributed by atoms with E-state index >= 15 is 0 Å². The van der Waals surface area contributed by atoms with Crippen molar-refractivity contribution >= 4 is 28.5 Å². The maximum absolute atomic E-state index is 12.9. The first kappa shape index (κ1) is 26.2. The fourth-order valence-electron chi connectivity index (χ4n) is 3.81. The normalized spacial score (nSPS) is 16.4. The van der Waals surface area contributed by atoms with Gasteiger partial charge in [0, 0.05) is 29.1 Å². The van der Waals surface area contributed by atoms with E-state index in [-0.39, 0.29) is 27.8 Å². The number of amides is 1. The van der Waals surface area contributed by atoms with Crippen LogP contribution in [-0.2, 0) is 0 Å². The predicted molar refractivity (Wildman–Crippen MR) is 136 cm³/mol. The van der Waals surface area contributed by atoms with E-state index < -0.39 is 12.8 Å². The van der Waals surface area contributed by atoms with Crippen LogP contribution in [0.1, 0.15) is 46.6 Å². The summed E-state index contributed by atoms with van der Waals surface area (Å²) in [5.74, 6) is -0.154. The Morgan fingerprint density at radius 3 is 2.38 bits per heavy atom. The Kier molecular flexibility index (Phi) is 8.14. The standard InChI is InChI=1S/C26H24F2N4O4S/c1-3-21-22(18-8-9-19(36-25(27)28)20(14-18)35-2)31-32(26(34)37-21)24(29)17-6-4-15(5-7-17)23(33)16-10-12-30-13-11-16/h4-14,21,24-25H,3,29H2,1-2H3. The summed E-state index contributed by atoms with van der Waals surface area (Å²) in [5.41, 5.74) is 9.11. The van der Waals surface area contributed by atoms with E-state index in [1.54, 1.807) is 60.9 Å². The third-order valence-electron chi connectivity index (χ3n) is 5.72. The molecule has 2 atom stereocenters. The number of benzene rings is 2. The summed E-state index contributed by atoms with van der Waals surface area (Å²) in [7, 11) is 1.35. The van der Waals surface area contributed by atoms with Crippen LogP contribution >= 0.6 is 11.8 Å². The summed E-state index contributed by atoms with van der Waals surface area (Å²) >= 11 is 1.08. The molecule has 0 aliphatic carbocycles. The average molecular weight is 527 g/mol. The molecule has 8 nitrogen and oxygen atoms in total. The molecule has 37 heavy (non-hydrogen) atoms. The number of nitrogens with two attached hydrogens (primary N) is 1. The fraction of sp³-hybridized carbons (Fsp3) is 0.231. The van der Waals surface area contributed by atoms with Gasteiger partial charge in [0.05, 0.1) is 18.1 Å². The summed E-state index contributed by atoms with van der Waals surface area (Å²) in [6.07, 6.45) is 2.78. The van der Waals surface area contributed by atoms with Crippen LogP contribution in [0.25, 0.3) is 0 Å². The molecule has 2 heterocycles. The number of hydrazone groups is 1. The smallest absolute Gasteiger partial charge is 0.387 e. The molecule has 2 N–H and O–H groups in total.